The van der Waals surface area contributed by atoms with E-state index in [9.17, 15) is 10.1 Å². The largest absolute Gasteiger partial charge is 0.497 e. The molecule has 0 saturated heterocycles. The first-order valence-corrected chi connectivity index (χ1v) is 9.78. The minimum absolute atomic E-state index is 0.0475. The van der Waals surface area contributed by atoms with Crippen molar-refractivity contribution in [3.8, 4) is 11.8 Å². The fraction of sp³-hybridized carbons (Fsp3) is 0.217. The highest BCUT2D eigenvalue weighted by molar-refractivity contribution is 6.30. The highest BCUT2D eigenvalue weighted by Gasteiger charge is 2.40. The smallest absolute Gasteiger partial charge is 0.161 e. The third-order valence-corrected chi connectivity index (χ3v) is 5.64. The Balaban J connectivity index is 1.97. The van der Waals surface area contributed by atoms with Crippen LogP contribution in [0.4, 0.5) is 5.69 Å². The Hall–Kier alpha value is -3.23. The average Bonchev–Trinajstić information content (AvgIpc) is 2.73. The van der Waals surface area contributed by atoms with Gasteiger partial charge in [0.2, 0.25) is 0 Å². The Morgan fingerprint density at radius 1 is 1.21 bits per heavy atom. The summed E-state index contributed by atoms with van der Waals surface area (Å²) in [6.07, 6.45) is 1.91. The van der Waals surface area contributed by atoms with Crippen molar-refractivity contribution in [2.75, 3.05) is 12.0 Å². The predicted molar refractivity (Wildman–Crippen MR) is 112 cm³/mol. The van der Waals surface area contributed by atoms with E-state index in [1.807, 2.05) is 41.3 Å². The minimum Gasteiger partial charge on any atom is -0.497 e. The topological polar surface area (TPSA) is 79.3 Å². The Bertz CT molecular complexity index is 1100. The van der Waals surface area contributed by atoms with Gasteiger partial charge >= 0.3 is 0 Å². The number of ether oxygens (including phenoxy) is 1. The van der Waals surface area contributed by atoms with Crippen LogP contribution in [0.5, 0.6) is 5.75 Å². The van der Waals surface area contributed by atoms with Crippen molar-refractivity contribution in [3.05, 3.63) is 81.8 Å². The van der Waals surface area contributed by atoms with Crippen molar-refractivity contribution in [2.24, 2.45) is 5.73 Å². The Morgan fingerprint density at radius 3 is 2.72 bits per heavy atom. The molecule has 0 fully saturated rings. The minimum atomic E-state index is -0.506. The van der Waals surface area contributed by atoms with E-state index >= 15 is 0 Å². The van der Waals surface area contributed by atoms with Gasteiger partial charge in [-0.25, -0.2) is 0 Å². The zero-order valence-corrected chi connectivity index (χ0v) is 16.7. The Kier molecular flexibility index (Phi) is 5.04. The number of nitriles is 1. The van der Waals surface area contributed by atoms with Gasteiger partial charge in [0.15, 0.2) is 5.78 Å². The van der Waals surface area contributed by atoms with E-state index in [0.717, 1.165) is 23.4 Å². The molecule has 1 unspecified atom stereocenters. The van der Waals surface area contributed by atoms with Crippen molar-refractivity contribution in [1.29, 1.82) is 5.26 Å². The number of benzene rings is 2. The van der Waals surface area contributed by atoms with Gasteiger partial charge in [-0.05, 0) is 48.7 Å². The molecule has 1 atom stereocenters. The molecule has 2 aliphatic rings. The molecule has 146 valence electrons. The molecule has 0 spiro atoms. The normalized spacial score (nSPS) is 19.1. The van der Waals surface area contributed by atoms with Gasteiger partial charge in [0.25, 0.3) is 0 Å². The molecule has 0 radical (unpaired) electrons. The lowest BCUT2D eigenvalue weighted by Gasteiger charge is -2.39. The molecule has 29 heavy (non-hydrogen) atoms. The third kappa shape index (κ3) is 3.26. The van der Waals surface area contributed by atoms with Gasteiger partial charge in [-0.2, -0.15) is 5.26 Å². The van der Waals surface area contributed by atoms with E-state index in [2.05, 4.69) is 6.07 Å². The molecule has 0 bridgehead atoms. The maximum atomic E-state index is 13.1. The molecule has 4 rings (SSSR count). The fourth-order valence-electron chi connectivity index (χ4n) is 4.15. The number of carbonyl (C=O) groups excluding carboxylic acids is 1. The van der Waals surface area contributed by atoms with Gasteiger partial charge in [0.05, 0.1) is 24.7 Å². The molecule has 2 N–H and O–H groups in total. The summed E-state index contributed by atoms with van der Waals surface area (Å²) in [5, 5.41) is 10.6. The van der Waals surface area contributed by atoms with Gasteiger partial charge in [-0.15, -0.1) is 0 Å². The van der Waals surface area contributed by atoms with Gasteiger partial charge < -0.3 is 10.5 Å². The van der Waals surface area contributed by atoms with Crippen LogP contribution in [0.2, 0.25) is 5.02 Å². The number of rotatable bonds is 3. The third-order valence-electron chi connectivity index (χ3n) is 5.41. The second-order valence-electron chi connectivity index (χ2n) is 7.07. The van der Waals surface area contributed by atoms with E-state index in [4.69, 9.17) is 22.1 Å². The maximum Gasteiger partial charge on any atom is 0.161 e. The quantitative estimate of drug-likeness (QED) is 0.803. The molecule has 2 aromatic carbocycles. The zero-order valence-electron chi connectivity index (χ0n) is 16.0. The van der Waals surface area contributed by atoms with Crippen molar-refractivity contribution in [1.82, 2.24) is 0 Å². The number of methoxy groups -OCH3 is 1. The van der Waals surface area contributed by atoms with Gasteiger partial charge in [0.1, 0.15) is 11.6 Å². The molecule has 5 nitrogen and oxygen atoms in total. The average molecular weight is 406 g/mol. The Morgan fingerprint density at radius 2 is 2.00 bits per heavy atom. The molecular weight excluding hydrogens is 386 g/mol. The second-order valence-corrected chi connectivity index (χ2v) is 7.51. The van der Waals surface area contributed by atoms with Crippen LogP contribution >= 0.6 is 11.6 Å². The van der Waals surface area contributed by atoms with Crippen LogP contribution in [0.15, 0.2) is 71.2 Å². The molecule has 1 heterocycles. The van der Waals surface area contributed by atoms with Crippen molar-refractivity contribution < 1.29 is 9.53 Å². The standard InChI is InChI=1S/C23H20ClN3O2/c1-29-17-8-2-5-14(11-17)21-18(13-25)23(26)27(16-7-3-6-15(24)12-16)19-9-4-10-20(28)22(19)21/h2-3,5-8,11-12,21H,4,9-10,26H2,1H3. The SMILES string of the molecule is COc1cccc(C2C(C#N)=C(N)N(c3cccc(Cl)c3)C3=C2C(=O)CCC3)c1. The first-order valence-electron chi connectivity index (χ1n) is 9.40. The first kappa shape index (κ1) is 19.1. The number of allylic oxidation sites excluding steroid dienone is 3. The summed E-state index contributed by atoms with van der Waals surface area (Å²) in [5.41, 5.74) is 9.92. The van der Waals surface area contributed by atoms with Crippen LogP contribution in [-0.4, -0.2) is 12.9 Å². The molecule has 0 amide bonds. The number of nitrogens with two attached hydrogens (primary N) is 1. The van der Waals surface area contributed by atoms with E-state index in [1.165, 1.54) is 0 Å². The fourth-order valence-corrected chi connectivity index (χ4v) is 4.34. The van der Waals surface area contributed by atoms with Crippen LogP contribution in [0, 0.1) is 11.3 Å². The van der Waals surface area contributed by atoms with Gasteiger partial charge in [0, 0.05) is 28.4 Å². The lowest BCUT2D eigenvalue weighted by molar-refractivity contribution is -0.116. The summed E-state index contributed by atoms with van der Waals surface area (Å²) in [5.74, 6) is 0.539. The zero-order chi connectivity index (χ0) is 20.5. The lowest BCUT2D eigenvalue weighted by atomic mass is 9.75. The van der Waals surface area contributed by atoms with Crippen LogP contribution in [-0.2, 0) is 4.79 Å². The van der Waals surface area contributed by atoms with Crippen LogP contribution in [0.25, 0.3) is 0 Å². The number of anilines is 1. The summed E-state index contributed by atoms with van der Waals surface area (Å²) in [6, 6.07) is 17.0. The lowest BCUT2D eigenvalue weighted by Crippen LogP contribution is -2.38. The number of carbonyl (C=O) groups is 1. The number of ketones is 1. The Labute approximate surface area is 174 Å². The molecule has 1 aliphatic carbocycles. The number of halogens is 1. The molecule has 1 aliphatic heterocycles. The van der Waals surface area contributed by atoms with Gasteiger partial charge in [-0.3, -0.25) is 9.69 Å². The number of Topliss-reactive ketones (excluding diaryl/α,β-unsaturated/α-hetero) is 1. The summed E-state index contributed by atoms with van der Waals surface area (Å²) in [4.78, 5) is 14.9. The van der Waals surface area contributed by atoms with Crippen LogP contribution in [0.3, 0.4) is 0 Å². The number of hydrogen-bond acceptors (Lipinski definition) is 5. The van der Waals surface area contributed by atoms with Crippen LogP contribution in [0.1, 0.15) is 30.7 Å². The summed E-state index contributed by atoms with van der Waals surface area (Å²) < 4.78 is 5.35. The van der Waals surface area contributed by atoms with Crippen molar-refractivity contribution >= 4 is 23.1 Å². The molecule has 2 aromatic rings. The number of nitrogens with zero attached hydrogens (tertiary/aromatic N) is 2. The molecule has 0 saturated carbocycles. The highest BCUT2D eigenvalue weighted by atomic mass is 35.5. The maximum absolute atomic E-state index is 13.1. The monoisotopic (exact) mass is 405 g/mol. The van der Waals surface area contributed by atoms with E-state index < -0.39 is 5.92 Å². The predicted octanol–water partition coefficient (Wildman–Crippen LogP) is 4.65. The highest BCUT2D eigenvalue weighted by Crippen LogP contribution is 2.46. The number of hydrogen-bond donors (Lipinski definition) is 1. The molecule has 0 aromatic heterocycles. The van der Waals surface area contributed by atoms with E-state index in [-0.39, 0.29) is 5.78 Å². The first-order chi connectivity index (χ1) is 14.0. The van der Waals surface area contributed by atoms with Crippen molar-refractivity contribution in [2.45, 2.75) is 25.2 Å². The second kappa shape index (κ2) is 7.65. The van der Waals surface area contributed by atoms with Crippen LogP contribution < -0.4 is 15.4 Å². The van der Waals surface area contributed by atoms with E-state index in [0.29, 0.717) is 40.6 Å². The van der Waals surface area contributed by atoms with E-state index in [1.54, 1.807) is 19.2 Å². The molecular formula is C23H20ClN3O2. The van der Waals surface area contributed by atoms with Crippen molar-refractivity contribution in [3.63, 3.8) is 0 Å². The summed E-state index contributed by atoms with van der Waals surface area (Å²) >= 11 is 6.20. The summed E-state index contributed by atoms with van der Waals surface area (Å²) in [6.45, 7) is 0. The molecule has 6 heteroatoms. The summed E-state index contributed by atoms with van der Waals surface area (Å²) in [7, 11) is 1.59. The van der Waals surface area contributed by atoms with Gasteiger partial charge in [-0.1, -0.05) is 29.8 Å².